The van der Waals surface area contributed by atoms with Gasteiger partial charge in [-0.1, -0.05) is 0 Å². The van der Waals surface area contributed by atoms with Crippen molar-refractivity contribution in [1.82, 2.24) is 0 Å². The molecular formula is O6Ti3. The quantitative estimate of drug-likeness (QED) is 0.390. The Hall–Kier alpha value is 1.58. The summed E-state index contributed by atoms with van der Waals surface area (Å²) < 4.78 is 51.5. The third-order valence-corrected chi connectivity index (χ3v) is 0. The van der Waals surface area contributed by atoms with Crippen LogP contribution in [-0.4, -0.2) is 0 Å². The minimum atomic E-state index is -4.08. The molecule has 0 spiro atoms. The van der Waals surface area contributed by atoms with E-state index in [4.69, 9.17) is 21.4 Å². The van der Waals surface area contributed by atoms with Crippen molar-refractivity contribution in [3.8, 4) is 0 Å². The second kappa shape index (κ2) is 12.3. The van der Waals surface area contributed by atoms with Crippen molar-refractivity contribution in [1.29, 1.82) is 0 Å². The number of hydrogen-bond acceptors (Lipinski definition) is 6. The maximum atomic E-state index is 8.58. The van der Waals surface area contributed by atoms with E-state index in [2.05, 4.69) is 0 Å². The number of rotatable bonds is 0. The van der Waals surface area contributed by atoms with Crippen LogP contribution >= 0.6 is 0 Å². The van der Waals surface area contributed by atoms with Crippen LogP contribution in [0.15, 0.2) is 0 Å². The summed E-state index contributed by atoms with van der Waals surface area (Å²) in [5, 5.41) is 0. The molecule has 0 aromatic carbocycles. The fraction of sp³-hybridized carbons (Fsp3) is 0. The van der Waals surface area contributed by atoms with Gasteiger partial charge in [-0.25, -0.2) is 0 Å². The van der Waals surface area contributed by atoms with Crippen molar-refractivity contribution in [2.45, 2.75) is 0 Å². The van der Waals surface area contributed by atoms with Crippen LogP contribution in [0.4, 0.5) is 0 Å². The summed E-state index contributed by atoms with van der Waals surface area (Å²) in [7, 11) is 0. The minimum absolute atomic E-state index is 0. The van der Waals surface area contributed by atoms with Gasteiger partial charge in [0.1, 0.15) is 0 Å². The van der Waals surface area contributed by atoms with Crippen molar-refractivity contribution >= 4 is 0 Å². The monoisotopic (exact) mass is 240 g/mol. The Morgan fingerprint density at radius 2 is 0.778 bits per heavy atom. The van der Waals surface area contributed by atoms with Crippen molar-refractivity contribution in [3.05, 3.63) is 0 Å². The molecule has 0 unspecified atom stereocenters. The predicted octanol–water partition coefficient (Wildman–Crippen LogP) is -5.00. The van der Waals surface area contributed by atoms with Gasteiger partial charge >= 0.3 is 80.4 Å². The van der Waals surface area contributed by atoms with Crippen molar-refractivity contribution in [3.63, 3.8) is 0 Å². The molecule has 0 fully saturated rings. The molecule has 0 heterocycles. The first-order valence-corrected chi connectivity index (χ1v) is 5.05. The first-order valence-electron chi connectivity index (χ1n) is 1.22. The van der Waals surface area contributed by atoms with Gasteiger partial charge in [-0.2, -0.15) is 0 Å². The van der Waals surface area contributed by atoms with E-state index in [1.807, 2.05) is 0 Å². The fourth-order valence-electron chi connectivity index (χ4n) is 0. The second-order valence-electron chi connectivity index (χ2n) is 0.500. The Labute approximate surface area is 79.6 Å². The molecule has 0 aromatic heterocycles. The van der Waals surface area contributed by atoms with E-state index in [0.29, 0.717) is 0 Å². The molecule has 48 valence electrons. The van der Waals surface area contributed by atoms with Crippen LogP contribution in [0.2, 0.25) is 0 Å². The number of hydrogen-bond donors (Lipinski definition) is 0. The van der Waals surface area contributed by atoms with Crippen LogP contribution in [0.3, 0.4) is 0 Å². The van der Waals surface area contributed by atoms with Gasteiger partial charge in [0.15, 0.2) is 0 Å². The molecule has 0 amide bonds. The standard InChI is InChI=1S/6O.3Ti/q;;4*-1;;;+4. The molecule has 0 saturated heterocycles. The molecule has 6 nitrogen and oxygen atoms in total. The van der Waals surface area contributed by atoms with Crippen molar-refractivity contribution in [2.24, 2.45) is 0 Å². The van der Waals surface area contributed by atoms with E-state index in [9.17, 15) is 0 Å². The summed E-state index contributed by atoms with van der Waals surface area (Å²) in [6.07, 6.45) is 0. The van der Waals surface area contributed by atoms with Gasteiger partial charge in [0.25, 0.3) is 0 Å². The van der Waals surface area contributed by atoms with Crippen molar-refractivity contribution in [2.75, 3.05) is 0 Å². The summed E-state index contributed by atoms with van der Waals surface area (Å²) >= 11 is -8.17. The smallest absolute Gasteiger partial charge is 4.00 e. The molecule has 0 atom stereocenters. The van der Waals surface area contributed by atoms with Gasteiger partial charge in [-0.15, -0.1) is 0 Å². The SMILES string of the molecule is [O]=[Ti]([O-])[O-].[O]=[Ti]([O-])[O-].[Ti+4]. The van der Waals surface area contributed by atoms with E-state index in [1.165, 1.54) is 0 Å². The van der Waals surface area contributed by atoms with Gasteiger partial charge in [0.2, 0.25) is 0 Å². The summed E-state index contributed by atoms with van der Waals surface area (Å²) in [4.78, 5) is 0. The van der Waals surface area contributed by atoms with Crippen molar-refractivity contribution < 1.29 is 80.4 Å². The molecular weight excluding hydrogens is 240 g/mol. The Kier molecular flexibility index (Phi) is 23.1. The zero-order chi connectivity index (χ0) is 7.15. The molecule has 0 saturated carbocycles. The summed E-state index contributed by atoms with van der Waals surface area (Å²) in [5.74, 6) is 0. The Morgan fingerprint density at radius 1 is 0.778 bits per heavy atom. The third kappa shape index (κ3) is 220. The van der Waals surface area contributed by atoms with E-state index in [0.717, 1.165) is 0 Å². The van der Waals surface area contributed by atoms with Crippen LogP contribution in [-0.2, 0) is 65.6 Å². The third-order valence-electron chi connectivity index (χ3n) is 0. The zero-order valence-electron chi connectivity index (χ0n) is 3.95. The molecule has 9 heavy (non-hydrogen) atoms. The van der Waals surface area contributed by atoms with Crippen LogP contribution in [0, 0.1) is 0 Å². The zero-order valence-corrected chi connectivity index (χ0v) is 8.63. The topological polar surface area (TPSA) is 126 Å². The Balaban J connectivity index is -0.0000000720. The van der Waals surface area contributed by atoms with Crippen LogP contribution in [0.5, 0.6) is 0 Å². The van der Waals surface area contributed by atoms with Crippen LogP contribution in [0.25, 0.3) is 0 Å². The molecule has 0 N–H and O–H groups in total. The molecule has 9 heteroatoms. The molecule has 0 bridgehead atoms. The predicted molar refractivity (Wildman–Crippen MR) is 1.37 cm³/mol. The van der Waals surface area contributed by atoms with E-state index in [1.54, 1.807) is 0 Å². The molecule has 0 aliphatic heterocycles. The molecule has 0 rings (SSSR count). The molecule has 0 aliphatic carbocycles. The molecule has 0 aliphatic rings. The maximum Gasteiger partial charge on any atom is 4.00 e. The van der Waals surface area contributed by atoms with E-state index in [-0.39, 0.29) is 21.7 Å². The van der Waals surface area contributed by atoms with Gasteiger partial charge in [-0.05, 0) is 0 Å². The van der Waals surface area contributed by atoms with Gasteiger partial charge in [0, 0.05) is 0 Å². The minimum Gasteiger partial charge on any atom is 4.00 e. The fourth-order valence-corrected chi connectivity index (χ4v) is 0. The van der Waals surface area contributed by atoms with E-state index < -0.39 is 37.2 Å². The van der Waals surface area contributed by atoms with Gasteiger partial charge in [-0.3, -0.25) is 0 Å². The Bertz CT molecular complexity index is 66.3. The first kappa shape index (κ1) is 16.9. The van der Waals surface area contributed by atoms with Crippen LogP contribution < -0.4 is 14.8 Å². The Morgan fingerprint density at radius 3 is 0.778 bits per heavy atom. The molecule has 0 aromatic rings. The maximum absolute atomic E-state index is 8.58. The summed E-state index contributed by atoms with van der Waals surface area (Å²) in [6.45, 7) is 0. The summed E-state index contributed by atoms with van der Waals surface area (Å²) in [6, 6.07) is 0. The average Bonchev–Trinajstić information content (AvgIpc) is 1.25. The van der Waals surface area contributed by atoms with Gasteiger partial charge < -0.3 is 0 Å². The summed E-state index contributed by atoms with van der Waals surface area (Å²) in [5.41, 5.74) is 0. The molecule has 0 radical (unpaired) electrons. The normalized spacial score (nSPS) is 5.78. The van der Waals surface area contributed by atoms with Gasteiger partial charge in [0.05, 0.1) is 0 Å². The second-order valence-corrected chi connectivity index (χ2v) is 2.06. The average molecular weight is 240 g/mol. The first-order chi connectivity index (χ1) is 3.46. The largest absolute Gasteiger partial charge is 4.00 e. The van der Waals surface area contributed by atoms with Crippen LogP contribution in [0.1, 0.15) is 0 Å². The van der Waals surface area contributed by atoms with E-state index >= 15 is 0 Å².